The molecule has 0 aliphatic carbocycles. The summed E-state index contributed by atoms with van der Waals surface area (Å²) >= 11 is 0. The Bertz CT molecular complexity index is 636. The number of aromatic carboxylic acids is 1. The third-order valence-corrected chi connectivity index (χ3v) is 2.95. The number of methoxy groups -OCH3 is 2. The van der Waals surface area contributed by atoms with Crippen molar-refractivity contribution in [2.24, 2.45) is 0 Å². The van der Waals surface area contributed by atoms with Crippen LogP contribution >= 0.6 is 0 Å². The Morgan fingerprint density at radius 1 is 1.10 bits per heavy atom. The van der Waals surface area contributed by atoms with Crippen molar-refractivity contribution >= 4 is 5.97 Å². The van der Waals surface area contributed by atoms with E-state index in [9.17, 15) is 9.90 Å². The van der Waals surface area contributed by atoms with Crippen molar-refractivity contribution in [3.8, 4) is 17.2 Å². The predicted molar refractivity (Wildman–Crippen MR) is 77.3 cm³/mol. The summed E-state index contributed by atoms with van der Waals surface area (Å²) < 4.78 is 15.9. The number of carboxylic acid groups (broad SMARTS) is 1. The first-order chi connectivity index (χ1) is 10.2. The van der Waals surface area contributed by atoms with Crippen LogP contribution in [0.1, 0.15) is 15.9 Å². The van der Waals surface area contributed by atoms with Gasteiger partial charge in [-0.3, -0.25) is 0 Å². The minimum Gasteiger partial charge on any atom is -0.497 e. The lowest BCUT2D eigenvalue weighted by Gasteiger charge is -2.13. The summed E-state index contributed by atoms with van der Waals surface area (Å²) in [6, 6.07) is 12.1. The van der Waals surface area contributed by atoms with Gasteiger partial charge in [-0.15, -0.1) is 0 Å². The molecule has 110 valence electrons. The Labute approximate surface area is 122 Å². The summed E-state index contributed by atoms with van der Waals surface area (Å²) in [6.45, 7) is 0.220. The van der Waals surface area contributed by atoms with Gasteiger partial charge in [-0.1, -0.05) is 18.2 Å². The lowest BCUT2D eigenvalue weighted by atomic mass is 10.2. The van der Waals surface area contributed by atoms with Crippen molar-refractivity contribution < 1.29 is 24.1 Å². The zero-order valence-corrected chi connectivity index (χ0v) is 11.8. The normalized spacial score (nSPS) is 10.0. The summed E-state index contributed by atoms with van der Waals surface area (Å²) in [5.41, 5.74) is 0.939. The van der Waals surface area contributed by atoms with Crippen LogP contribution in [0.3, 0.4) is 0 Å². The molecule has 2 aromatic rings. The number of hydrogen-bond donors (Lipinski definition) is 1. The Balaban J connectivity index is 2.24. The van der Waals surface area contributed by atoms with Gasteiger partial charge in [-0.2, -0.15) is 0 Å². The molecule has 0 aliphatic rings. The number of benzene rings is 2. The quantitative estimate of drug-likeness (QED) is 0.885. The Kier molecular flexibility index (Phi) is 4.66. The van der Waals surface area contributed by atoms with Crippen LogP contribution in [-0.4, -0.2) is 25.3 Å². The van der Waals surface area contributed by atoms with E-state index in [1.54, 1.807) is 19.2 Å². The fraction of sp³-hybridized carbons (Fsp3) is 0.188. The van der Waals surface area contributed by atoms with Gasteiger partial charge in [0.05, 0.1) is 14.2 Å². The van der Waals surface area contributed by atoms with Gasteiger partial charge < -0.3 is 19.3 Å². The van der Waals surface area contributed by atoms with Gasteiger partial charge >= 0.3 is 5.97 Å². The zero-order chi connectivity index (χ0) is 15.2. The largest absolute Gasteiger partial charge is 0.497 e. The number of carbonyl (C=O) groups is 1. The minimum atomic E-state index is -1.06. The zero-order valence-electron chi connectivity index (χ0n) is 11.8. The molecule has 0 saturated heterocycles. The monoisotopic (exact) mass is 288 g/mol. The number of ether oxygens (including phenoxy) is 3. The van der Waals surface area contributed by atoms with E-state index >= 15 is 0 Å². The van der Waals surface area contributed by atoms with E-state index < -0.39 is 5.97 Å². The fourth-order valence-electron chi connectivity index (χ4n) is 1.91. The van der Waals surface area contributed by atoms with Crippen molar-refractivity contribution in [3.63, 3.8) is 0 Å². The van der Waals surface area contributed by atoms with Crippen LogP contribution in [0.5, 0.6) is 17.2 Å². The van der Waals surface area contributed by atoms with Gasteiger partial charge in [-0.05, 0) is 29.8 Å². The molecule has 0 spiro atoms. The average Bonchev–Trinajstić information content (AvgIpc) is 2.52. The number of hydrogen-bond acceptors (Lipinski definition) is 4. The maximum atomic E-state index is 11.2. The standard InChI is InChI=1S/C16H16O5/c1-19-12-6-3-5-11(9-12)10-21-15-13(16(17)18)7-4-8-14(15)20-2/h3-9H,10H2,1-2H3,(H,17,18). The highest BCUT2D eigenvalue weighted by Gasteiger charge is 2.16. The lowest BCUT2D eigenvalue weighted by Crippen LogP contribution is -2.05. The second kappa shape index (κ2) is 6.65. The highest BCUT2D eigenvalue weighted by atomic mass is 16.5. The molecule has 0 radical (unpaired) electrons. The molecule has 1 N–H and O–H groups in total. The van der Waals surface area contributed by atoms with Crippen LogP contribution in [0.25, 0.3) is 0 Å². The molecule has 2 aromatic carbocycles. The molecule has 0 amide bonds. The molecule has 0 aliphatic heterocycles. The van der Waals surface area contributed by atoms with Crippen molar-refractivity contribution in [1.82, 2.24) is 0 Å². The number of rotatable bonds is 6. The smallest absolute Gasteiger partial charge is 0.339 e. The Morgan fingerprint density at radius 2 is 1.86 bits per heavy atom. The van der Waals surface area contributed by atoms with Gasteiger partial charge in [-0.25, -0.2) is 4.79 Å². The summed E-state index contributed by atoms with van der Waals surface area (Å²) in [7, 11) is 3.06. The molecular formula is C16H16O5. The molecule has 5 nitrogen and oxygen atoms in total. The topological polar surface area (TPSA) is 65.0 Å². The molecule has 5 heteroatoms. The molecule has 21 heavy (non-hydrogen) atoms. The van der Waals surface area contributed by atoms with Crippen LogP contribution in [0, 0.1) is 0 Å². The van der Waals surface area contributed by atoms with Crippen LogP contribution in [0.4, 0.5) is 0 Å². The summed E-state index contributed by atoms with van der Waals surface area (Å²) in [5.74, 6) is 0.261. The molecule has 0 saturated carbocycles. The summed E-state index contributed by atoms with van der Waals surface area (Å²) in [4.78, 5) is 11.2. The van der Waals surface area contributed by atoms with Crippen molar-refractivity contribution in [1.29, 1.82) is 0 Å². The van der Waals surface area contributed by atoms with E-state index in [1.807, 2.05) is 24.3 Å². The SMILES string of the molecule is COc1cccc(COc2c(OC)cccc2C(=O)O)c1. The summed E-state index contributed by atoms with van der Waals surface area (Å²) in [5, 5.41) is 9.21. The first kappa shape index (κ1) is 14.7. The van der Waals surface area contributed by atoms with Crippen LogP contribution < -0.4 is 14.2 Å². The second-order valence-corrected chi connectivity index (χ2v) is 4.28. The van der Waals surface area contributed by atoms with Gasteiger partial charge in [0.25, 0.3) is 0 Å². The van der Waals surface area contributed by atoms with Crippen LogP contribution in [-0.2, 0) is 6.61 Å². The molecule has 0 heterocycles. The molecule has 0 bridgehead atoms. The van der Waals surface area contributed by atoms with Crippen LogP contribution in [0.2, 0.25) is 0 Å². The van der Waals surface area contributed by atoms with E-state index in [0.717, 1.165) is 11.3 Å². The molecule has 0 fully saturated rings. The predicted octanol–water partition coefficient (Wildman–Crippen LogP) is 2.98. The maximum absolute atomic E-state index is 11.2. The van der Waals surface area contributed by atoms with Gasteiger partial charge in [0.2, 0.25) is 0 Å². The van der Waals surface area contributed by atoms with Gasteiger partial charge in [0, 0.05) is 0 Å². The van der Waals surface area contributed by atoms with Crippen molar-refractivity contribution in [2.45, 2.75) is 6.61 Å². The van der Waals surface area contributed by atoms with Crippen molar-refractivity contribution in [3.05, 3.63) is 53.6 Å². The highest BCUT2D eigenvalue weighted by Crippen LogP contribution is 2.32. The van der Waals surface area contributed by atoms with Gasteiger partial charge in [0.15, 0.2) is 11.5 Å². The molecular weight excluding hydrogens is 272 g/mol. The lowest BCUT2D eigenvalue weighted by molar-refractivity contribution is 0.0691. The first-order valence-electron chi connectivity index (χ1n) is 6.31. The van der Waals surface area contributed by atoms with Crippen molar-refractivity contribution in [2.75, 3.05) is 14.2 Å². The third-order valence-electron chi connectivity index (χ3n) is 2.95. The molecule has 0 aromatic heterocycles. The fourth-order valence-corrected chi connectivity index (χ4v) is 1.91. The molecule has 0 unspecified atom stereocenters. The minimum absolute atomic E-state index is 0.0669. The third kappa shape index (κ3) is 3.45. The molecule has 0 atom stereocenters. The van der Waals surface area contributed by atoms with E-state index in [0.29, 0.717) is 5.75 Å². The van der Waals surface area contributed by atoms with Crippen LogP contribution in [0.15, 0.2) is 42.5 Å². The first-order valence-corrected chi connectivity index (χ1v) is 6.31. The Morgan fingerprint density at radius 3 is 2.52 bits per heavy atom. The van der Waals surface area contributed by atoms with E-state index in [4.69, 9.17) is 14.2 Å². The van der Waals surface area contributed by atoms with E-state index in [2.05, 4.69) is 0 Å². The number of carboxylic acids is 1. The number of para-hydroxylation sites is 1. The average molecular weight is 288 g/mol. The highest BCUT2D eigenvalue weighted by molar-refractivity contribution is 5.92. The second-order valence-electron chi connectivity index (χ2n) is 4.28. The summed E-state index contributed by atoms with van der Waals surface area (Å²) in [6.07, 6.45) is 0. The van der Waals surface area contributed by atoms with Gasteiger partial charge in [0.1, 0.15) is 17.9 Å². The Hall–Kier alpha value is -2.69. The maximum Gasteiger partial charge on any atom is 0.339 e. The molecule has 2 rings (SSSR count). The van der Waals surface area contributed by atoms with E-state index in [-0.39, 0.29) is 17.9 Å². The van der Waals surface area contributed by atoms with E-state index in [1.165, 1.54) is 13.2 Å².